The molecule has 0 radical (unpaired) electrons. The van der Waals surface area contributed by atoms with Crippen LogP contribution in [0.1, 0.15) is 16.0 Å². The number of carbonyl (C=O) groups excluding carboxylic acids is 1. The molecule has 2 aromatic heterocycles. The Labute approximate surface area is 132 Å². The number of nitrogens with zero attached hydrogens (tertiary/aromatic N) is 2. The van der Waals surface area contributed by atoms with Gasteiger partial charge in [-0.2, -0.15) is 5.26 Å². The Hall–Kier alpha value is -2.58. The van der Waals surface area contributed by atoms with Crippen LogP contribution >= 0.6 is 11.3 Å². The fourth-order valence-electron chi connectivity index (χ4n) is 2.45. The van der Waals surface area contributed by atoms with Crippen LogP contribution in [0.2, 0.25) is 0 Å². The van der Waals surface area contributed by atoms with Crippen LogP contribution in [0.4, 0.5) is 5.00 Å². The van der Waals surface area contributed by atoms with Gasteiger partial charge in [0.25, 0.3) is 0 Å². The Balaban J connectivity index is 1.81. The summed E-state index contributed by atoms with van der Waals surface area (Å²) >= 11 is 1.45. The van der Waals surface area contributed by atoms with Gasteiger partial charge in [0.1, 0.15) is 17.6 Å². The van der Waals surface area contributed by atoms with Crippen LogP contribution in [0.25, 0.3) is 10.9 Å². The molecule has 1 aromatic carbocycles. The number of anilines is 1. The van der Waals surface area contributed by atoms with Gasteiger partial charge >= 0.3 is 0 Å². The summed E-state index contributed by atoms with van der Waals surface area (Å²) in [6, 6.07) is 12.1. The molecule has 3 aromatic rings. The van der Waals surface area contributed by atoms with Gasteiger partial charge < -0.3 is 9.88 Å². The average molecular weight is 309 g/mol. The SMILES string of the molecule is Cc1sc(NC(=O)Cn2ccc3ccccc32)c(C#N)c1C. The molecule has 0 aliphatic carbocycles. The van der Waals surface area contributed by atoms with Gasteiger partial charge in [-0.3, -0.25) is 4.79 Å². The number of nitrogens with one attached hydrogen (secondary N) is 1. The third-order valence-electron chi connectivity index (χ3n) is 3.74. The molecular weight excluding hydrogens is 294 g/mol. The Bertz CT molecular complexity index is 898. The highest BCUT2D eigenvalue weighted by Gasteiger charge is 2.15. The first-order valence-electron chi connectivity index (χ1n) is 6.94. The van der Waals surface area contributed by atoms with E-state index in [-0.39, 0.29) is 12.5 Å². The summed E-state index contributed by atoms with van der Waals surface area (Å²) in [4.78, 5) is 13.3. The smallest absolute Gasteiger partial charge is 0.244 e. The molecule has 0 fully saturated rings. The largest absolute Gasteiger partial charge is 0.338 e. The van der Waals surface area contributed by atoms with Gasteiger partial charge in [0, 0.05) is 16.6 Å². The quantitative estimate of drug-likeness (QED) is 0.799. The molecule has 0 spiro atoms. The maximum absolute atomic E-state index is 12.3. The fraction of sp³-hybridized carbons (Fsp3) is 0.176. The number of benzene rings is 1. The number of aryl methyl sites for hydroxylation is 1. The standard InChI is InChI=1S/C17H15N3OS/c1-11-12(2)22-17(14(11)9-18)19-16(21)10-20-8-7-13-5-3-4-6-15(13)20/h3-8H,10H2,1-2H3,(H,19,21). The van der Waals surface area contributed by atoms with Crippen LogP contribution in [0.15, 0.2) is 36.5 Å². The first kappa shape index (κ1) is 14.4. The van der Waals surface area contributed by atoms with Crippen LogP contribution in [0, 0.1) is 25.2 Å². The number of fused-ring (bicyclic) bond motifs is 1. The van der Waals surface area contributed by atoms with Crippen LogP contribution in [-0.2, 0) is 11.3 Å². The van der Waals surface area contributed by atoms with E-state index in [9.17, 15) is 10.1 Å². The highest BCUT2D eigenvalue weighted by Crippen LogP contribution is 2.31. The van der Waals surface area contributed by atoms with Gasteiger partial charge in [-0.1, -0.05) is 18.2 Å². The molecule has 5 heteroatoms. The van der Waals surface area contributed by atoms with Gasteiger partial charge in [-0.05, 0) is 36.9 Å². The number of hydrogen-bond donors (Lipinski definition) is 1. The lowest BCUT2D eigenvalue weighted by molar-refractivity contribution is -0.116. The lowest BCUT2D eigenvalue weighted by Gasteiger charge is -2.06. The van der Waals surface area contributed by atoms with Crippen molar-refractivity contribution in [2.24, 2.45) is 0 Å². The van der Waals surface area contributed by atoms with Crippen molar-refractivity contribution in [3.8, 4) is 6.07 Å². The van der Waals surface area contributed by atoms with Crippen LogP contribution in [0.5, 0.6) is 0 Å². The molecule has 0 unspecified atom stereocenters. The number of rotatable bonds is 3. The lowest BCUT2D eigenvalue weighted by atomic mass is 10.2. The average Bonchev–Trinajstić information content (AvgIpc) is 3.02. The number of hydrogen-bond acceptors (Lipinski definition) is 3. The number of thiophene rings is 1. The summed E-state index contributed by atoms with van der Waals surface area (Å²) in [5.74, 6) is -0.126. The summed E-state index contributed by atoms with van der Waals surface area (Å²) in [5, 5.41) is 13.8. The molecule has 1 amide bonds. The monoisotopic (exact) mass is 309 g/mol. The Morgan fingerprint density at radius 3 is 2.86 bits per heavy atom. The topological polar surface area (TPSA) is 57.8 Å². The molecule has 0 aliphatic heterocycles. The van der Waals surface area contributed by atoms with Crippen molar-refractivity contribution < 1.29 is 4.79 Å². The molecule has 110 valence electrons. The van der Waals surface area contributed by atoms with E-state index in [1.807, 2.05) is 54.9 Å². The van der Waals surface area contributed by atoms with Crippen molar-refractivity contribution in [3.05, 3.63) is 52.5 Å². The first-order chi connectivity index (χ1) is 10.6. The molecule has 4 nitrogen and oxygen atoms in total. The number of amides is 1. The molecular formula is C17H15N3OS. The van der Waals surface area contributed by atoms with Crippen molar-refractivity contribution in [2.45, 2.75) is 20.4 Å². The number of para-hydroxylation sites is 1. The van der Waals surface area contributed by atoms with Crippen molar-refractivity contribution in [3.63, 3.8) is 0 Å². The fourth-order valence-corrected chi connectivity index (χ4v) is 3.48. The molecule has 0 aliphatic rings. The van der Waals surface area contributed by atoms with Crippen LogP contribution in [0.3, 0.4) is 0 Å². The van der Waals surface area contributed by atoms with E-state index in [0.717, 1.165) is 21.3 Å². The number of carbonyl (C=O) groups is 1. The van der Waals surface area contributed by atoms with E-state index in [1.54, 1.807) is 0 Å². The zero-order valence-corrected chi connectivity index (χ0v) is 13.2. The molecule has 0 bridgehead atoms. The van der Waals surface area contributed by atoms with Gasteiger partial charge in [-0.25, -0.2) is 0 Å². The molecule has 22 heavy (non-hydrogen) atoms. The van der Waals surface area contributed by atoms with Crippen molar-refractivity contribution in [1.29, 1.82) is 5.26 Å². The van der Waals surface area contributed by atoms with Crippen molar-refractivity contribution >= 4 is 33.1 Å². The minimum absolute atomic E-state index is 0.126. The zero-order valence-electron chi connectivity index (χ0n) is 12.4. The van der Waals surface area contributed by atoms with Crippen LogP contribution < -0.4 is 5.32 Å². The highest BCUT2D eigenvalue weighted by atomic mass is 32.1. The molecule has 3 rings (SSSR count). The van der Waals surface area contributed by atoms with E-state index in [4.69, 9.17) is 0 Å². The summed E-state index contributed by atoms with van der Waals surface area (Å²) in [7, 11) is 0. The van der Waals surface area contributed by atoms with Gasteiger partial charge in [-0.15, -0.1) is 11.3 Å². The molecule has 1 N–H and O–H groups in total. The Kier molecular flexibility index (Phi) is 3.70. The second-order valence-electron chi connectivity index (χ2n) is 5.15. The lowest BCUT2D eigenvalue weighted by Crippen LogP contribution is -2.18. The minimum atomic E-state index is -0.126. The van der Waals surface area contributed by atoms with Crippen LogP contribution in [-0.4, -0.2) is 10.5 Å². The van der Waals surface area contributed by atoms with Crippen molar-refractivity contribution in [1.82, 2.24) is 4.57 Å². The normalized spacial score (nSPS) is 10.6. The van der Waals surface area contributed by atoms with E-state index < -0.39 is 0 Å². The molecule has 0 saturated carbocycles. The maximum atomic E-state index is 12.3. The predicted molar refractivity (Wildman–Crippen MR) is 89.1 cm³/mol. The first-order valence-corrected chi connectivity index (χ1v) is 7.75. The minimum Gasteiger partial charge on any atom is -0.338 e. The van der Waals surface area contributed by atoms with Gasteiger partial charge in [0.15, 0.2) is 0 Å². The molecule has 0 atom stereocenters. The molecule has 2 heterocycles. The summed E-state index contributed by atoms with van der Waals surface area (Å²) in [6.07, 6.45) is 1.90. The van der Waals surface area contributed by atoms with Crippen molar-refractivity contribution in [2.75, 3.05) is 5.32 Å². The number of nitriles is 1. The van der Waals surface area contributed by atoms with E-state index in [1.165, 1.54) is 11.3 Å². The number of aromatic nitrogens is 1. The van der Waals surface area contributed by atoms with E-state index in [2.05, 4.69) is 11.4 Å². The third-order valence-corrected chi connectivity index (χ3v) is 4.87. The van der Waals surface area contributed by atoms with Gasteiger partial charge in [0.05, 0.1) is 5.56 Å². The third kappa shape index (κ3) is 2.49. The summed E-state index contributed by atoms with van der Waals surface area (Å²) < 4.78 is 1.91. The van der Waals surface area contributed by atoms with E-state index in [0.29, 0.717) is 10.6 Å². The second kappa shape index (κ2) is 5.66. The summed E-state index contributed by atoms with van der Waals surface area (Å²) in [5.41, 5.74) is 2.53. The Morgan fingerprint density at radius 1 is 1.32 bits per heavy atom. The maximum Gasteiger partial charge on any atom is 0.244 e. The van der Waals surface area contributed by atoms with Gasteiger partial charge in [0.2, 0.25) is 5.91 Å². The Morgan fingerprint density at radius 2 is 2.09 bits per heavy atom. The summed E-state index contributed by atoms with van der Waals surface area (Å²) in [6.45, 7) is 4.09. The predicted octanol–water partition coefficient (Wildman–Crippen LogP) is 3.83. The van der Waals surface area contributed by atoms with E-state index >= 15 is 0 Å². The zero-order chi connectivity index (χ0) is 15.7. The molecule has 0 saturated heterocycles. The highest BCUT2D eigenvalue weighted by molar-refractivity contribution is 7.16. The second-order valence-corrected chi connectivity index (χ2v) is 6.37.